The second kappa shape index (κ2) is 12.3. The predicted molar refractivity (Wildman–Crippen MR) is 258 cm³/mol. The van der Waals surface area contributed by atoms with Gasteiger partial charge >= 0.3 is 0 Å². The Morgan fingerprint density at radius 3 is 1.82 bits per heavy atom. The van der Waals surface area contributed by atoms with E-state index in [1.54, 1.807) is 11.3 Å². The quantitative estimate of drug-likeness (QED) is 0.178. The molecule has 0 atom stereocenters. The molecule has 0 saturated carbocycles. The van der Waals surface area contributed by atoms with Crippen LogP contribution in [0.25, 0.3) is 130 Å². The zero-order chi connectivity index (χ0) is 39.8. The van der Waals surface area contributed by atoms with Gasteiger partial charge in [0.2, 0.25) is 0 Å². The Bertz CT molecular complexity index is 4100. The highest BCUT2D eigenvalue weighted by atomic mass is 32.1. The van der Waals surface area contributed by atoms with Crippen molar-refractivity contribution in [3.05, 3.63) is 194 Å². The van der Waals surface area contributed by atoms with Gasteiger partial charge in [-0.2, -0.15) is 0 Å². The van der Waals surface area contributed by atoms with Crippen LogP contribution in [0, 0.1) is 0 Å². The van der Waals surface area contributed by atoms with Gasteiger partial charge < -0.3 is 4.40 Å². The fourth-order valence-corrected chi connectivity index (χ4v) is 11.2. The first kappa shape index (κ1) is 33.0. The van der Waals surface area contributed by atoms with Crippen LogP contribution in [0.15, 0.2) is 194 Å². The minimum Gasteiger partial charge on any atom is -0.308 e. The maximum Gasteiger partial charge on any atom is 0.162 e. The summed E-state index contributed by atoms with van der Waals surface area (Å²) in [4.78, 5) is 11.1. The lowest BCUT2D eigenvalue weighted by Crippen LogP contribution is -2.01. The summed E-state index contributed by atoms with van der Waals surface area (Å²) in [5.74, 6) is 1.61. The SMILES string of the molecule is c1ccc(-c2ccc3c(c2)c2c4c5ccccc5n5c6ccc(-c7ccccc7)cc6c(cc2n3-c2nc(-c3ccc6ccccc6c3)nc3c2sc2ccccc23)c45)cc1. The normalized spacial score (nSPS) is 12.3. The first-order valence-corrected chi connectivity index (χ1v) is 21.6. The van der Waals surface area contributed by atoms with Crippen molar-refractivity contribution in [1.82, 2.24) is 18.9 Å². The number of aromatic nitrogens is 4. The molecule has 0 unspecified atom stereocenters. The number of hydrogen-bond acceptors (Lipinski definition) is 3. The van der Waals surface area contributed by atoms with E-state index in [2.05, 4.69) is 203 Å². The first-order chi connectivity index (χ1) is 30.2. The van der Waals surface area contributed by atoms with Gasteiger partial charge in [-0.15, -0.1) is 11.3 Å². The lowest BCUT2D eigenvalue weighted by molar-refractivity contribution is 1.08. The molecule has 0 spiro atoms. The number of thiophene rings is 1. The standard InChI is InChI=1S/C56H32N4S/c1-3-13-33(14-4-1)37-25-27-46-42(30-37)43-32-48-50(51-40-19-9-11-21-45(40)59(46)53(43)51)44-31-38(34-15-5-2-6-16-34)26-28-47(44)60(48)56-54-52(41-20-10-12-22-49(41)61-54)57-55(58-56)39-24-23-35-17-7-8-18-36(35)29-39/h1-32H. The zero-order valence-electron chi connectivity index (χ0n) is 32.7. The van der Waals surface area contributed by atoms with Crippen LogP contribution in [0.3, 0.4) is 0 Å². The average molecular weight is 793 g/mol. The van der Waals surface area contributed by atoms with Crippen molar-refractivity contribution in [1.29, 1.82) is 0 Å². The maximum absolute atomic E-state index is 5.65. The molecule has 5 aromatic heterocycles. The molecule has 0 bridgehead atoms. The predicted octanol–water partition coefficient (Wildman–Crippen LogP) is 15.2. The molecule has 61 heavy (non-hydrogen) atoms. The molecule has 0 N–H and O–H groups in total. The molecule has 0 aliphatic carbocycles. The third-order valence-electron chi connectivity index (χ3n) is 12.8. The lowest BCUT2D eigenvalue weighted by Gasteiger charge is -2.12. The number of rotatable bonds is 4. The summed E-state index contributed by atoms with van der Waals surface area (Å²) in [5.41, 5.74) is 12.7. The maximum atomic E-state index is 5.65. The Hall–Kier alpha value is -7.86. The Labute approximate surface area is 353 Å². The molecule has 0 aliphatic heterocycles. The smallest absolute Gasteiger partial charge is 0.162 e. The summed E-state index contributed by atoms with van der Waals surface area (Å²) < 4.78 is 7.22. The number of nitrogens with zero attached hydrogens (tertiary/aromatic N) is 4. The molecule has 0 fully saturated rings. The minimum atomic E-state index is 0.716. The van der Waals surface area contributed by atoms with Crippen molar-refractivity contribution in [3.63, 3.8) is 0 Å². The number of benzene rings is 9. The van der Waals surface area contributed by atoms with Gasteiger partial charge in [0.15, 0.2) is 11.6 Å². The van der Waals surface area contributed by atoms with Gasteiger partial charge in [-0.3, -0.25) is 4.57 Å². The summed E-state index contributed by atoms with van der Waals surface area (Å²) in [7, 11) is 0. The molecule has 282 valence electrons. The highest BCUT2D eigenvalue weighted by Gasteiger charge is 2.27. The van der Waals surface area contributed by atoms with Crippen molar-refractivity contribution in [3.8, 4) is 39.5 Å². The van der Waals surface area contributed by atoms with Crippen molar-refractivity contribution in [2.75, 3.05) is 0 Å². The van der Waals surface area contributed by atoms with Crippen LogP contribution in [0.1, 0.15) is 0 Å². The molecule has 14 aromatic rings. The molecule has 14 rings (SSSR count). The summed E-state index contributed by atoms with van der Waals surface area (Å²) in [6.45, 7) is 0. The second-order valence-electron chi connectivity index (χ2n) is 16.1. The van der Waals surface area contributed by atoms with Crippen molar-refractivity contribution in [2.45, 2.75) is 0 Å². The fourth-order valence-electron chi connectivity index (χ4n) is 10.1. The van der Waals surface area contributed by atoms with Crippen molar-refractivity contribution in [2.24, 2.45) is 0 Å². The van der Waals surface area contributed by atoms with Gasteiger partial charge in [0.1, 0.15) is 0 Å². The highest BCUT2D eigenvalue weighted by molar-refractivity contribution is 7.26. The topological polar surface area (TPSA) is 35.1 Å². The first-order valence-electron chi connectivity index (χ1n) is 20.7. The van der Waals surface area contributed by atoms with Gasteiger partial charge in [-0.05, 0) is 81.6 Å². The Balaban J connectivity index is 1.18. The second-order valence-corrected chi connectivity index (χ2v) is 17.2. The summed E-state index contributed by atoms with van der Waals surface area (Å²) in [6, 6.07) is 70.6. The van der Waals surface area contributed by atoms with E-state index in [1.807, 2.05) is 0 Å². The van der Waals surface area contributed by atoms with Crippen LogP contribution < -0.4 is 0 Å². The third-order valence-corrected chi connectivity index (χ3v) is 14.0. The van der Waals surface area contributed by atoms with Crippen LogP contribution >= 0.6 is 11.3 Å². The fraction of sp³-hybridized carbons (Fsp3) is 0. The van der Waals surface area contributed by atoms with Crippen LogP contribution in [0.4, 0.5) is 0 Å². The molecule has 0 radical (unpaired) electrons. The van der Waals surface area contributed by atoms with E-state index >= 15 is 0 Å². The third kappa shape index (κ3) is 4.64. The van der Waals surface area contributed by atoms with Crippen LogP contribution in [-0.4, -0.2) is 18.9 Å². The molecule has 0 saturated heterocycles. The molecule has 9 aromatic carbocycles. The van der Waals surface area contributed by atoms with Gasteiger partial charge in [-0.25, -0.2) is 9.97 Å². The largest absolute Gasteiger partial charge is 0.308 e. The van der Waals surface area contributed by atoms with Crippen LogP contribution in [-0.2, 0) is 0 Å². The Morgan fingerprint density at radius 1 is 0.377 bits per heavy atom. The molecular formula is C56H32N4S. The van der Waals surface area contributed by atoms with E-state index in [1.165, 1.54) is 86.6 Å². The van der Waals surface area contributed by atoms with Gasteiger partial charge in [-0.1, -0.05) is 146 Å². The molecule has 5 heterocycles. The Morgan fingerprint density at radius 2 is 1.02 bits per heavy atom. The highest BCUT2D eigenvalue weighted by Crippen LogP contribution is 2.49. The van der Waals surface area contributed by atoms with Gasteiger partial charge in [0.05, 0.1) is 37.8 Å². The van der Waals surface area contributed by atoms with Crippen molar-refractivity contribution < 1.29 is 0 Å². The monoisotopic (exact) mass is 792 g/mol. The van der Waals surface area contributed by atoms with E-state index in [-0.39, 0.29) is 0 Å². The average Bonchev–Trinajstić information content (AvgIpc) is 4.06. The van der Waals surface area contributed by atoms with E-state index in [4.69, 9.17) is 9.97 Å². The van der Waals surface area contributed by atoms with Gasteiger partial charge in [0, 0.05) is 48.0 Å². The van der Waals surface area contributed by atoms with E-state index in [9.17, 15) is 0 Å². The molecule has 5 heteroatoms. The number of para-hydroxylation sites is 1. The number of hydrogen-bond donors (Lipinski definition) is 0. The summed E-state index contributed by atoms with van der Waals surface area (Å²) in [6.07, 6.45) is 0. The van der Waals surface area contributed by atoms with E-state index in [0.29, 0.717) is 5.82 Å². The minimum absolute atomic E-state index is 0.716. The van der Waals surface area contributed by atoms with E-state index in [0.717, 1.165) is 38.0 Å². The molecule has 4 nitrogen and oxygen atoms in total. The summed E-state index contributed by atoms with van der Waals surface area (Å²) >= 11 is 1.78. The van der Waals surface area contributed by atoms with Crippen LogP contribution in [0.2, 0.25) is 0 Å². The zero-order valence-corrected chi connectivity index (χ0v) is 33.5. The van der Waals surface area contributed by atoms with Crippen molar-refractivity contribution >= 4 is 102 Å². The molecule has 0 aliphatic rings. The van der Waals surface area contributed by atoms with Gasteiger partial charge in [0.25, 0.3) is 0 Å². The molecular weight excluding hydrogens is 761 g/mol. The van der Waals surface area contributed by atoms with E-state index < -0.39 is 0 Å². The number of fused-ring (bicyclic) bond motifs is 14. The molecule has 0 amide bonds. The van der Waals surface area contributed by atoms with Crippen LogP contribution in [0.5, 0.6) is 0 Å². The lowest BCUT2D eigenvalue weighted by atomic mass is 9.98. The summed E-state index contributed by atoms with van der Waals surface area (Å²) in [5, 5.41) is 10.9. The Kier molecular flexibility index (Phi) is 6.68.